The van der Waals surface area contributed by atoms with E-state index in [1.807, 2.05) is 38.3 Å². The number of nitrogens with one attached hydrogen (secondary N) is 1. The number of hydrogen-bond acceptors (Lipinski definition) is 4. The number of thioether (sulfide) groups is 1. The van der Waals surface area contributed by atoms with Crippen molar-refractivity contribution in [2.45, 2.75) is 31.6 Å². The molecule has 0 bridgehead atoms. The van der Waals surface area contributed by atoms with Crippen LogP contribution in [0.3, 0.4) is 0 Å². The minimum absolute atomic E-state index is 0.0118. The Hall–Kier alpha value is -1.46. The summed E-state index contributed by atoms with van der Waals surface area (Å²) in [7, 11) is 0. The summed E-state index contributed by atoms with van der Waals surface area (Å²) in [6, 6.07) is 5.89. The first kappa shape index (κ1) is 15.9. The SMILES string of the molecule is CSC(CO)C(C)NC(=O)Cc1coc2cc(C)ccc12. The molecule has 0 radical (unpaired) electrons. The summed E-state index contributed by atoms with van der Waals surface area (Å²) < 4.78 is 5.50. The van der Waals surface area contributed by atoms with Gasteiger partial charge in [-0.15, -0.1) is 0 Å². The van der Waals surface area contributed by atoms with E-state index in [2.05, 4.69) is 5.32 Å². The molecule has 1 aromatic carbocycles. The second-order valence-electron chi connectivity index (χ2n) is 5.25. The number of aliphatic hydroxyl groups is 1. The molecule has 2 rings (SSSR count). The largest absolute Gasteiger partial charge is 0.464 e. The predicted octanol–water partition coefficient (Wildman–Crippen LogP) is 2.51. The van der Waals surface area contributed by atoms with Crippen molar-refractivity contribution >= 4 is 28.6 Å². The van der Waals surface area contributed by atoms with E-state index in [9.17, 15) is 9.90 Å². The number of rotatable bonds is 6. The summed E-state index contributed by atoms with van der Waals surface area (Å²) in [5, 5.41) is 13.2. The van der Waals surface area contributed by atoms with Gasteiger partial charge in [-0.25, -0.2) is 0 Å². The second-order valence-corrected chi connectivity index (χ2v) is 6.33. The summed E-state index contributed by atoms with van der Waals surface area (Å²) in [4.78, 5) is 12.1. The summed E-state index contributed by atoms with van der Waals surface area (Å²) in [6.45, 7) is 3.97. The van der Waals surface area contributed by atoms with Crippen LogP contribution in [0.1, 0.15) is 18.1 Å². The zero-order chi connectivity index (χ0) is 15.4. The van der Waals surface area contributed by atoms with Crippen LogP contribution in [0.25, 0.3) is 11.0 Å². The monoisotopic (exact) mass is 307 g/mol. The van der Waals surface area contributed by atoms with Crippen LogP contribution in [0.4, 0.5) is 0 Å². The van der Waals surface area contributed by atoms with Crippen LogP contribution >= 0.6 is 11.8 Å². The Morgan fingerprint density at radius 1 is 1.48 bits per heavy atom. The van der Waals surface area contributed by atoms with Crippen molar-refractivity contribution in [2.24, 2.45) is 0 Å². The third-order valence-electron chi connectivity index (χ3n) is 3.59. The number of carbonyl (C=O) groups excluding carboxylic acids is 1. The fourth-order valence-corrected chi connectivity index (χ4v) is 2.96. The van der Waals surface area contributed by atoms with Crippen molar-refractivity contribution in [3.63, 3.8) is 0 Å². The Bertz CT molecular complexity index is 619. The molecule has 4 nitrogen and oxygen atoms in total. The summed E-state index contributed by atoms with van der Waals surface area (Å²) in [5.41, 5.74) is 2.83. The highest BCUT2D eigenvalue weighted by molar-refractivity contribution is 7.99. The van der Waals surface area contributed by atoms with Crippen LogP contribution in [0.2, 0.25) is 0 Å². The molecule has 2 atom stereocenters. The lowest BCUT2D eigenvalue weighted by Crippen LogP contribution is -2.41. The van der Waals surface area contributed by atoms with Gasteiger partial charge in [-0.2, -0.15) is 11.8 Å². The van der Waals surface area contributed by atoms with E-state index in [4.69, 9.17) is 4.42 Å². The Morgan fingerprint density at radius 3 is 2.90 bits per heavy atom. The zero-order valence-corrected chi connectivity index (χ0v) is 13.4. The molecule has 0 aliphatic carbocycles. The molecule has 1 amide bonds. The van der Waals surface area contributed by atoms with Gasteiger partial charge in [0.25, 0.3) is 0 Å². The third kappa shape index (κ3) is 3.80. The average Bonchev–Trinajstić information content (AvgIpc) is 2.82. The van der Waals surface area contributed by atoms with Gasteiger partial charge in [-0.3, -0.25) is 4.79 Å². The lowest BCUT2D eigenvalue weighted by molar-refractivity contribution is -0.121. The third-order valence-corrected chi connectivity index (χ3v) is 4.75. The van der Waals surface area contributed by atoms with Crippen LogP contribution in [-0.2, 0) is 11.2 Å². The van der Waals surface area contributed by atoms with Gasteiger partial charge in [-0.05, 0) is 31.7 Å². The highest BCUT2D eigenvalue weighted by Crippen LogP contribution is 2.22. The minimum Gasteiger partial charge on any atom is -0.464 e. The number of fused-ring (bicyclic) bond motifs is 1. The van der Waals surface area contributed by atoms with Crippen LogP contribution < -0.4 is 5.32 Å². The fraction of sp³-hybridized carbons (Fsp3) is 0.438. The maximum Gasteiger partial charge on any atom is 0.224 e. The molecule has 5 heteroatoms. The predicted molar refractivity (Wildman–Crippen MR) is 86.6 cm³/mol. The molecule has 1 heterocycles. The normalized spacial score (nSPS) is 14.1. The number of hydrogen-bond donors (Lipinski definition) is 2. The summed E-state index contributed by atoms with van der Waals surface area (Å²) in [5.74, 6) is -0.0572. The number of aryl methyl sites for hydroxylation is 1. The van der Waals surface area contributed by atoms with Crippen molar-refractivity contribution in [1.82, 2.24) is 5.32 Å². The van der Waals surface area contributed by atoms with Gasteiger partial charge in [0, 0.05) is 22.2 Å². The standard InChI is InChI=1S/C16H21NO3S/c1-10-4-5-13-12(9-20-14(13)6-10)7-16(19)17-11(2)15(8-18)21-3/h4-6,9,11,15,18H,7-8H2,1-3H3,(H,17,19). The molecule has 114 valence electrons. The topological polar surface area (TPSA) is 62.5 Å². The Kier molecular flexibility index (Phi) is 5.31. The van der Waals surface area contributed by atoms with E-state index in [0.29, 0.717) is 0 Å². The first-order chi connectivity index (χ1) is 10.0. The van der Waals surface area contributed by atoms with Crippen molar-refractivity contribution in [3.05, 3.63) is 35.6 Å². The molecule has 2 N–H and O–H groups in total. The Labute approximate surface area is 128 Å². The highest BCUT2D eigenvalue weighted by atomic mass is 32.2. The Morgan fingerprint density at radius 2 is 2.24 bits per heavy atom. The maximum atomic E-state index is 12.1. The lowest BCUT2D eigenvalue weighted by atomic mass is 10.1. The van der Waals surface area contributed by atoms with E-state index in [1.165, 1.54) is 0 Å². The van der Waals surface area contributed by atoms with Gasteiger partial charge in [-0.1, -0.05) is 12.1 Å². The van der Waals surface area contributed by atoms with Gasteiger partial charge < -0.3 is 14.8 Å². The zero-order valence-electron chi connectivity index (χ0n) is 12.6. The maximum absolute atomic E-state index is 12.1. The van der Waals surface area contributed by atoms with Crippen LogP contribution in [-0.4, -0.2) is 35.2 Å². The van der Waals surface area contributed by atoms with E-state index in [1.54, 1.807) is 18.0 Å². The molecule has 0 aliphatic rings. The molecular weight excluding hydrogens is 286 g/mol. The minimum atomic E-state index is -0.0714. The molecule has 1 aromatic heterocycles. The van der Waals surface area contributed by atoms with Gasteiger partial charge >= 0.3 is 0 Å². The Balaban J connectivity index is 2.04. The van der Waals surface area contributed by atoms with Crippen LogP contribution in [0.5, 0.6) is 0 Å². The number of furan rings is 1. The van der Waals surface area contributed by atoms with Crippen LogP contribution in [0, 0.1) is 6.92 Å². The number of aliphatic hydroxyl groups excluding tert-OH is 1. The van der Waals surface area contributed by atoms with E-state index in [-0.39, 0.29) is 30.2 Å². The molecular formula is C16H21NO3S. The molecule has 0 spiro atoms. The summed E-state index contributed by atoms with van der Waals surface area (Å²) in [6.07, 6.45) is 3.86. The molecule has 0 fully saturated rings. The molecule has 0 saturated heterocycles. The van der Waals surface area contributed by atoms with Crippen molar-refractivity contribution in [2.75, 3.05) is 12.9 Å². The second kappa shape index (κ2) is 7.00. The first-order valence-electron chi connectivity index (χ1n) is 6.95. The molecule has 21 heavy (non-hydrogen) atoms. The summed E-state index contributed by atoms with van der Waals surface area (Å²) >= 11 is 1.55. The molecule has 2 aromatic rings. The van der Waals surface area contributed by atoms with Gasteiger partial charge in [0.1, 0.15) is 5.58 Å². The van der Waals surface area contributed by atoms with Gasteiger partial charge in [0.05, 0.1) is 19.3 Å². The van der Waals surface area contributed by atoms with E-state index >= 15 is 0 Å². The number of amides is 1. The average molecular weight is 307 g/mol. The molecule has 2 unspecified atom stereocenters. The van der Waals surface area contributed by atoms with Crippen LogP contribution in [0.15, 0.2) is 28.9 Å². The quantitative estimate of drug-likeness (QED) is 0.861. The molecule has 0 aliphatic heterocycles. The molecule has 0 saturated carbocycles. The fourth-order valence-electron chi connectivity index (χ4n) is 2.33. The highest BCUT2D eigenvalue weighted by Gasteiger charge is 2.18. The van der Waals surface area contributed by atoms with E-state index < -0.39 is 0 Å². The van der Waals surface area contributed by atoms with Crippen molar-refractivity contribution in [1.29, 1.82) is 0 Å². The van der Waals surface area contributed by atoms with E-state index in [0.717, 1.165) is 22.1 Å². The first-order valence-corrected chi connectivity index (χ1v) is 8.23. The number of carbonyl (C=O) groups is 1. The van der Waals surface area contributed by atoms with Crippen molar-refractivity contribution in [3.8, 4) is 0 Å². The number of benzene rings is 1. The lowest BCUT2D eigenvalue weighted by Gasteiger charge is -2.21. The van der Waals surface area contributed by atoms with Crippen molar-refractivity contribution < 1.29 is 14.3 Å². The smallest absolute Gasteiger partial charge is 0.224 e. The van der Waals surface area contributed by atoms with Gasteiger partial charge in [0.2, 0.25) is 5.91 Å². The van der Waals surface area contributed by atoms with Gasteiger partial charge in [0.15, 0.2) is 0 Å².